The van der Waals surface area contributed by atoms with Crippen LogP contribution in [0, 0.1) is 11.3 Å². The Kier molecular flexibility index (Phi) is 7.13. The first kappa shape index (κ1) is 22.5. The maximum Gasteiger partial charge on any atom is 0.274 e. The van der Waals surface area contributed by atoms with Crippen molar-refractivity contribution in [2.45, 2.75) is 0 Å². The number of hydrogen-bond acceptors (Lipinski definition) is 6. The van der Waals surface area contributed by atoms with E-state index < -0.39 is 5.91 Å². The van der Waals surface area contributed by atoms with Crippen LogP contribution in [0.15, 0.2) is 90.6 Å². The molecule has 0 saturated carbocycles. The molecule has 4 aromatic rings. The van der Waals surface area contributed by atoms with Crippen molar-refractivity contribution in [1.29, 1.82) is 5.26 Å². The molecule has 7 nitrogen and oxygen atoms in total. The van der Waals surface area contributed by atoms with Crippen LogP contribution in [-0.2, 0) is 0 Å². The highest BCUT2D eigenvalue weighted by molar-refractivity contribution is 5.93. The number of hydroxylamine groups is 1. The molecule has 7 heteroatoms. The SMILES string of the molecule is N#Cc1ccc(OC/C(=C\c2ccc(C(=O)NO)cc2)CNc2cnc3ccccc3c2)cc1. The third-order valence-corrected chi connectivity index (χ3v) is 5.16. The summed E-state index contributed by atoms with van der Waals surface area (Å²) in [6, 6.07) is 25.9. The Morgan fingerprint density at radius 3 is 2.56 bits per heavy atom. The lowest BCUT2D eigenvalue weighted by Crippen LogP contribution is -2.18. The van der Waals surface area contributed by atoms with E-state index in [0.717, 1.165) is 27.7 Å². The summed E-state index contributed by atoms with van der Waals surface area (Å²) in [6.45, 7) is 0.827. The van der Waals surface area contributed by atoms with E-state index in [4.69, 9.17) is 15.2 Å². The molecule has 0 radical (unpaired) electrons. The molecule has 3 aromatic carbocycles. The van der Waals surface area contributed by atoms with Crippen LogP contribution in [0.3, 0.4) is 0 Å². The van der Waals surface area contributed by atoms with Crippen LogP contribution in [0.5, 0.6) is 5.75 Å². The number of para-hydroxylation sites is 1. The third-order valence-electron chi connectivity index (χ3n) is 5.16. The largest absolute Gasteiger partial charge is 0.489 e. The van der Waals surface area contributed by atoms with Crippen LogP contribution in [0.1, 0.15) is 21.5 Å². The minimum absolute atomic E-state index is 0.318. The second-order valence-corrected chi connectivity index (χ2v) is 7.56. The smallest absolute Gasteiger partial charge is 0.274 e. The first-order valence-electron chi connectivity index (χ1n) is 10.6. The predicted molar refractivity (Wildman–Crippen MR) is 131 cm³/mol. The van der Waals surface area contributed by atoms with Gasteiger partial charge in [-0.1, -0.05) is 36.4 Å². The number of carbonyl (C=O) groups excluding carboxylic acids is 1. The molecule has 0 spiro atoms. The third kappa shape index (κ3) is 5.76. The second-order valence-electron chi connectivity index (χ2n) is 7.56. The molecule has 1 amide bonds. The van der Waals surface area contributed by atoms with Crippen molar-refractivity contribution in [2.75, 3.05) is 18.5 Å². The number of fused-ring (bicyclic) bond motifs is 1. The Labute approximate surface area is 196 Å². The Morgan fingerprint density at radius 2 is 1.82 bits per heavy atom. The lowest BCUT2D eigenvalue weighted by atomic mass is 10.1. The average Bonchev–Trinajstić information content (AvgIpc) is 2.90. The number of ether oxygens (including phenoxy) is 1. The van der Waals surface area contributed by atoms with Gasteiger partial charge in [-0.05, 0) is 59.7 Å². The van der Waals surface area contributed by atoms with E-state index in [-0.39, 0.29) is 0 Å². The number of anilines is 1. The van der Waals surface area contributed by atoms with E-state index in [1.807, 2.05) is 36.4 Å². The predicted octanol–water partition coefficient (Wildman–Crippen LogP) is 4.80. The van der Waals surface area contributed by atoms with Crippen molar-refractivity contribution >= 4 is 28.6 Å². The lowest BCUT2D eigenvalue weighted by Gasteiger charge is -2.13. The van der Waals surface area contributed by atoms with Crippen LogP contribution in [-0.4, -0.2) is 29.3 Å². The number of amides is 1. The monoisotopic (exact) mass is 450 g/mol. The molecular formula is C27H22N4O3. The number of nitrogens with zero attached hydrogens (tertiary/aromatic N) is 2. The summed E-state index contributed by atoms with van der Waals surface area (Å²) in [5.41, 5.74) is 6.21. The summed E-state index contributed by atoms with van der Waals surface area (Å²) in [4.78, 5) is 16.1. The van der Waals surface area contributed by atoms with Crippen LogP contribution in [0.2, 0.25) is 0 Å². The number of aromatic nitrogens is 1. The zero-order valence-electron chi connectivity index (χ0n) is 18.2. The zero-order valence-corrected chi connectivity index (χ0v) is 18.2. The summed E-state index contributed by atoms with van der Waals surface area (Å²) in [6.07, 6.45) is 3.77. The molecule has 1 heterocycles. The topological polar surface area (TPSA) is 107 Å². The van der Waals surface area contributed by atoms with Crippen molar-refractivity contribution in [2.24, 2.45) is 0 Å². The van der Waals surface area contributed by atoms with Gasteiger partial charge in [0, 0.05) is 17.5 Å². The summed E-state index contributed by atoms with van der Waals surface area (Å²) < 4.78 is 5.95. The van der Waals surface area contributed by atoms with Gasteiger partial charge in [-0.3, -0.25) is 15.0 Å². The van der Waals surface area contributed by atoms with Gasteiger partial charge in [0.05, 0.1) is 29.0 Å². The van der Waals surface area contributed by atoms with Gasteiger partial charge in [0.2, 0.25) is 0 Å². The van der Waals surface area contributed by atoms with Crippen LogP contribution < -0.4 is 15.5 Å². The van der Waals surface area contributed by atoms with Gasteiger partial charge in [-0.25, -0.2) is 5.48 Å². The molecule has 0 fully saturated rings. The minimum Gasteiger partial charge on any atom is -0.489 e. The zero-order chi connectivity index (χ0) is 23.8. The molecular weight excluding hydrogens is 428 g/mol. The summed E-state index contributed by atoms with van der Waals surface area (Å²) >= 11 is 0. The second kappa shape index (κ2) is 10.8. The molecule has 0 aliphatic rings. The Balaban J connectivity index is 1.52. The first-order valence-corrected chi connectivity index (χ1v) is 10.6. The molecule has 1 aromatic heterocycles. The molecule has 168 valence electrons. The van der Waals surface area contributed by atoms with Crippen LogP contribution in [0.4, 0.5) is 5.69 Å². The van der Waals surface area contributed by atoms with Crippen LogP contribution >= 0.6 is 0 Å². The molecule has 34 heavy (non-hydrogen) atoms. The molecule has 0 saturated heterocycles. The average molecular weight is 450 g/mol. The van der Waals surface area contributed by atoms with Gasteiger partial charge >= 0.3 is 0 Å². The van der Waals surface area contributed by atoms with Gasteiger partial charge in [-0.15, -0.1) is 0 Å². The number of nitrogens with one attached hydrogen (secondary N) is 2. The van der Waals surface area contributed by atoms with Crippen LogP contribution in [0.25, 0.3) is 17.0 Å². The Morgan fingerprint density at radius 1 is 1.06 bits per heavy atom. The highest BCUT2D eigenvalue weighted by atomic mass is 16.5. The van der Waals surface area contributed by atoms with Gasteiger partial charge in [-0.2, -0.15) is 5.26 Å². The van der Waals surface area contributed by atoms with Crippen molar-refractivity contribution in [3.63, 3.8) is 0 Å². The highest BCUT2D eigenvalue weighted by Gasteiger charge is 2.06. The van der Waals surface area contributed by atoms with Gasteiger partial charge < -0.3 is 10.1 Å². The molecule has 0 aliphatic carbocycles. The number of carbonyl (C=O) groups is 1. The Hall–Kier alpha value is -4.67. The number of nitriles is 1. The number of hydrogen-bond donors (Lipinski definition) is 3. The van der Waals surface area contributed by atoms with Gasteiger partial charge in [0.1, 0.15) is 12.4 Å². The molecule has 0 unspecified atom stereocenters. The minimum atomic E-state index is -0.564. The normalized spacial score (nSPS) is 11.0. The van der Waals surface area contributed by atoms with E-state index in [2.05, 4.69) is 16.4 Å². The molecule has 0 atom stereocenters. The van der Waals surface area contributed by atoms with E-state index in [1.165, 1.54) is 0 Å². The van der Waals surface area contributed by atoms with Crippen molar-refractivity contribution < 1.29 is 14.7 Å². The molecule has 0 bridgehead atoms. The standard InChI is InChI=1S/C27H22N4O3/c28-15-20-7-11-25(12-8-20)34-18-21(13-19-5-9-22(10-6-19)27(32)31-33)16-29-24-14-23-3-1-2-4-26(23)30-17-24/h1-14,17,29,33H,16,18H2,(H,31,32)/b21-13-. The van der Waals surface area contributed by atoms with Gasteiger partial charge in [0.15, 0.2) is 0 Å². The van der Waals surface area contributed by atoms with E-state index >= 15 is 0 Å². The quantitative estimate of drug-likeness (QED) is 0.263. The first-order chi connectivity index (χ1) is 16.6. The van der Waals surface area contributed by atoms with Crippen molar-refractivity contribution in [3.8, 4) is 11.8 Å². The van der Waals surface area contributed by atoms with Crippen molar-refractivity contribution in [1.82, 2.24) is 10.5 Å². The number of rotatable bonds is 8. The lowest BCUT2D eigenvalue weighted by molar-refractivity contribution is 0.0706. The summed E-state index contributed by atoms with van der Waals surface area (Å²) in [5, 5.41) is 22.2. The highest BCUT2D eigenvalue weighted by Crippen LogP contribution is 2.18. The number of pyridine rings is 1. The summed E-state index contributed by atoms with van der Waals surface area (Å²) in [5.74, 6) is 0.0950. The number of benzene rings is 3. The van der Waals surface area contributed by atoms with E-state index in [0.29, 0.717) is 30.0 Å². The maximum absolute atomic E-state index is 11.6. The van der Waals surface area contributed by atoms with Crippen molar-refractivity contribution in [3.05, 3.63) is 107 Å². The molecule has 3 N–H and O–H groups in total. The Bertz CT molecular complexity index is 1360. The fraction of sp³-hybridized carbons (Fsp3) is 0.0741. The van der Waals surface area contributed by atoms with Gasteiger partial charge in [0.25, 0.3) is 5.91 Å². The van der Waals surface area contributed by atoms with E-state index in [9.17, 15) is 4.79 Å². The van der Waals surface area contributed by atoms with E-state index in [1.54, 1.807) is 60.2 Å². The maximum atomic E-state index is 11.6. The molecule has 0 aliphatic heterocycles. The summed E-state index contributed by atoms with van der Waals surface area (Å²) in [7, 11) is 0. The fourth-order valence-electron chi connectivity index (χ4n) is 3.36. The fourth-order valence-corrected chi connectivity index (χ4v) is 3.36. The molecule has 4 rings (SSSR count).